The number of allylic oxidation sites excluding steroid dienone is 2. The molecule has 2 rings (SSSR count). The van der Waals surface area contributed by atoms with Gasteiger partial charge in [-0.1, -0.05) is 37.8 Å². The highest BCUT2D eigenvalue weighted by atomic mass is 14.0. The molecule has 2 aliphatic rings. The standard InChI is InChI=1S/C4H8.C4H6/c2*1-2-4-3-1/h1-4H2;1-2H,3-4H2. The van der Waals surface area contributed by atoms with Crippen molar-refractivity contribution in [3.63, 3.8) is 0 Å². The lowest BCUT2D eigenvalue weighted by atomic mass is 10.0. The normalized spacial score (nSPS) is 22.0. The van der Waals surface area contributed by atoms with Gasteiger partial charge in [0.1, 0.15) is 0 Å². The lowest BCUT2D eigenvalue weighted by Gasteiger charge is -2.05. The highest BCUT2D eigenvalue weighted by Gasteiger charge is 1.95. The molecule has 0 amide bonds. The van der Waals surface area contributed by atoms with Crippen LogP contribution in [0.1, 0.15) is 38.5 Å². The fourth-order valence-corrected chi connectivity index (χ4v) is 0.417. The first-order chi connectivity index (χ1) is 4.00. The molecule has 8 heavy (non-hydrogen) atoms. The van der Waals surface area contributed by atoms with Gasteiger partial charge in [-0.3, -0.25) is 0 Å². The van der Waals surface area contributed by atoms with Crippen molar-refractivity contribution >= 4 is 0 Å². The lowest BCUT2D eigenvalue weighted by molar-refractivity contribution is 0.504. The Morgan fingerprint density at radius 1 is 0.625 bits per heavy atom. The van der Waals surface area contributed by atoms with E-state index in [9.17, 15) is 0 Å². The van der Waals surface area contributed by atoms with Crippen molar-refractivity contribution < 1.29 is 0 Å². The monoisotopic (exact) mass is 110 g/mol. The number of rotatable bonds is 0. The van der Waals surface area contributed by atoms with Crippen molar-refractivity contribution in [2.45, 2.75) is 38.5 Å². The van der Waals surface area contributed by atoms with E-state index >= 15 is 0 Å². The first kappa shape index (κ1) is 5.87. The maximum Gasteiger partial charge on any atom is -0.0316 e. The Morgan fingerprint density at radius 2 is 0.875 bits per heavy atom. The second-order valence-electron chi connectivity index (χ2n) is 2.46. The zero-order chi connectivity index (χ0) is 5.66. The Labute approximate surface area is 51.6 Å². The van der Waals surface area contributed by atoms with Gasteiger partial charge in [0.2, 0.25) is 0 Å². The van der Waals surface area contributed by atoms with E-state index < -0.39 is 0 Å². The van der Waals surface area contributed by atoms with E-state index in [0.29, 0.717) is 0 Å². The molecule has 0 aromatic heterocycles. The zero-order valence-electron chi connectivity index (χ0n) is 5.40. The summed E-state index contributed by atoms with van der Waals surface area (Å²) in [5.74, 6) is 0. The van der Waals surface area contributed by atoms with Crippen LogP contribution in [-0.4, -0.2) is 0 Å². The maximum atomic E-state index is 2.18. The predicted octanol–water partition coefficient (Wildman–Crippen LogP) is 2.90. The minimum atomic E-state index is 1.32. The van der Waals surface area contributed by atoms with Crippen LogP contribution in [-0.2, 0) is 0 Å². The van der Waals surface area contributed by atoms with Crippen molar-refractivity contribution in [1.82, 2.24) is 0 Å². The van der Waals surface area contributed by atoms with Gasteiger partial charge in [-0.25, -0.2) is 0 Å². The van der Waals surface area contributed by atoms with E-state index in [2.05, 4.69) is 12.2 Å². The summed E-state index contributed by atoms with van der Waals surface area (Å²) in [6, 6.07) is 0. The number of hydrogen-bond acceptors (Lipinski definition) is 0. The molecule has 0 bridgehead atoms. The quantitative estimate of drug-likeness (QED) is 0.420. The summed E-state index contributed by atoms with van der Waals surface area (Å²) in [7, 11) is 0. The fourth-order valence-electron chi connectivity index (χ4n) is 0.417. The molecule has 0 heterocycles. The Morgan fingerprint density at radius 3 is 0.875 bits per heavy atom. The molecule has 1 saturated carbocycles. The average molecular weight is 110 g/mol. The Kier molecular flexibility index (Phi) is 2.72. The first-order valence-corrected chi connectivity index (χ1v) is 3.65. The van der Waals surface area contributed by atoms with Crippen LogP contribution in [0.15, 0.2) is 12.2 Å². The zero-order valence-corrected chi connectivity index (χ0v) is 5.40. The van der Waals surface area contributed by atoms with Gasteiger partial charge >= 0.3 is 0 Å². The molecule has 2 aliphatic carbocycles. The van der Waals surface area contributed by atoms with Gasteiger partial charge in [0.15, 0.2) is 0 Å². The third kappa shape index (κ3) is 2.15. The lowest BCUT2D eigenvalue weighted by Crippen LogP contribution is -1.85. The predicted molar refractivity (Wildman–Crippen MR) is 36.8 cm³/mol. The topological polar surface area (TPSA) is 0 Å². The van der Waals surface area contributed by atoms with E-state index in [1.807, 2.05) is 0 Å². The minimum Gasteiger partial charge on any atom is -0.0882 e. The van der Waals surface area contributed by atoms with Crippen molar-refractivity contribution in [3.8, 4) is 0 Å². The number of hydrogen-bond donors (Lipinski definition) is 0. The molecule has 0 N–H and O–H groups in total. The van der Waals surface area contributed by atoms with Gasteiger partial charge in [0.05, 0.1) is 0 Å². The minimum absolute atomic E-state index is 1.32. The summed E-state index contributed by atoms with van der Waals surface area (Å²) in [6.45, 7) is 0. The van der Waals surface area contributed by atoms with E-state index in [0.717, 1.165) is 0 Å². The molecule has 0 aliphatic heterocycles. The van der Waals surface area contributed by atoms with E-state index in [4.69, 9.17) is 0 Å². The van der Waals surface area contributed by atoms with Crippen molar-refractivity contribution in [2.24, 2.45) is 0 Å². The van der Waals surface area contributed by atoms with Gasteiger partial charge < -0.3 is 0 Å². The van der Waals surface area contributed by atoms with Crippen LogP contribution in [0.4, 0.5) is 0 Å². The van der Waals surface area contributed by atoms with Crippen LogP contribution >= 0.6 is 0 Å². The smallest absolute Gasteiger partial charge is 0.0316 e. The largest absolute Gasteiger partial charge is 0.0882 e. The molecule has 0 saturated heterocycles. The van der Waals surface area contributed by atoms with Crippen LogP contribution < -0.4 is 0 Å². The highest BCUT2D eigenvalue weighted by molar-refractivity contribution is 4.92. The summed E-state index contributed by atoms with van der Waals surface area (Å²) in [5.41, 5.74) is 0. The molecule has 0 heteroatoms. The van der Waals surface area contributed by atoms with E-state index in [1.165, 1.54) is 38.5 Å². The van der Waals surface area contributed by atoms with Gasteiger partial charge in [-0.15, -0.1) is 0 Å². The van der Waals surface area contributed by atoms with Crippen LogP contribution in [0.25, 0.3) is 0 Å². The van der Waals surface area contributed by atoms with Gasteiger partial charge in [0.25, 0.3) is 0 Å². The summed E-state index contributed by atoms with van der Waals surface area (Å²) in [5, 5.41) is 0. The highest BCUT2D eigenvalue weighted by Crippen LogP contribution is 2.15. The fraction of sp³-hybridized carbons (Fsp3) is 0.750. The molecule has 46 valence electrons. The van der Waals surface area contributed by atoms with Crippen LogP contribution in [0.3, 0.4) is 0 Å². The van der Waals surface area contributed by atoms with Crippen LogP contribution in [0.5, 0.6) is 0 Å². The molecule has 0 aromatic carbocycles. The SMILES string of the molecule is C1=CCC1.C1CCC1. The van der Waals surface area contributed by atoms with Crippen LogP contribution in [0, 0.1) is 0 Å². The molecule has 0 spiro atoms. The Balaban J connectivity index is 0.0000000800. The molecule has 0 atom stereocenters. The van der Waals surface area contributed by atoms with Gasteiger partial charge in [-0.05, 0) is 12.8 Å². The first-order valence-electron chi connectivity index (χ1n) is 3.65. The van der Waals surface area contributed by atoms with Crippen molar-refractivity contribution in [1.29, 1.82) is 0 Å². The summed E-state index contributed by atoms with van der Waals surface area (Å²) >= 11 is 0. The molecular formula is C8H14. The van der Waals surface area contributed by atoms with E-state index in [-0.39, 0.29) is 0 Å². The summed E-state index contributed by atoms with van der Waals surface area (Å²) in [6.07, 6.45) is 13.0. The summed E-state index contributed by atoms with van der Waals surface area (Å²) < 4.78 is 0. The second-order valence-corrected chi connectivity index (χ2v) is 2.46. The average Bonchev–Trinajstić information content (AvgIpc) is 1.12. The van der Waals surface area contributed by atoms with Crippen molar-refractivity contribution in [3.05, 3.63) is 12.2 Å². The van der Waals surface area contributed by atoms with Crippen LogP contribution in [0.2, 0.25) is 0 Å². The molecule has 1 fully saturated rings. The molecule has 0 unspecified atom stereocenters. The Hall–Kier alpha value is -0.260. The molecule has 0 aromatic rings. The second kappa shape index (κ2) is 3.71. The Bertz CT molecular complexity index is 58.1. The third-order valence-electron chi connectivity index (χ3n) is 1.67. The molecule has 0 nitrogen and oxygen atoms in total. The van der Waals surface area contributed by atoms with Crippen molar-refractivity contribution in [2.75, 3.05) is 0 Å². The maximum absolute atomic E-state index is 2.18. The summed E-state index contributed by atoms with van der Waals surface area (Å²) in [4.78, 5) is 0. The molecular weight excluding hydrogens is 96.1 g/mol. The van der Waals surface area contributed by atoms with Gasteiger partial charge in [0, 0.05) is 0 Å². The van der Waals surface area contributed by atoms with E-state index in [1.54, 1.807) is 0 Å². The molecule has 0 radical (unpaired) electrons. The van der Waals surface area contributed by atoms with Gasteiger partial charge in [-0.2, -0.15) is 0 Å². The third-order valence-corrected chi connectivity index (χ3v) is 1.67.